The molecule has 0 spiro atoms. The Labute approximate surface area is 283 Å². The third-order valence-corrected chi connectivity index (χ3v) is 8.94. The van der Waals surface area contributed by atoms with Gasteiger partial charge >= 0.3 is 19.5 Å². The second-order valence-electron chi connectivity index (χ2n) is 13.2. The van der Waals surface area contributed by atoms with Gasteiger partial charge in [0.15, 0.2) is 0 Å². The van der Waals surface area contributed by atoms with Crippen molar-refractivity contribution in [1.82, 2.24) is 4.98 Å². The summed E-state index contributed by atoms with van der Waals surface area (Å²) in [5.74, 6) is -0.0254. The molecule has 0 amide bonds. The minimum atomic E-state index is -0.191. The molecule has 4 aliphatic rings. The quantitative estimate of drug-likeness (QED) is 0.255. The Kier molecular flexibility index (Phi) is 8.06. The molecule has 0 radical (unpaired) electrons. The molecule has 6 heteroatoms. The summed E-state index contributed by atoms with van der Waals surface area (Å²) in [6.07, 6.45) is 10.9. The van der Waals surface area contributed by atoms with Crippen molar-refractivity contribution >= 4 is 28.3 Å². The van der Waals surface area contributed by atoms with Crippen LogP contribution in [0.25, 0.3) is 11.1 Å². The number of nitrogens with zero attached hydrogens (tertiary/aromatic N) is 4. The maximum atomic E-state index is 13.0. The van der Waals surface area contributed by atoms with Gasteiger partial charge in [-0.15, -0.1) is 16.5 Å². The molecule has 2 aromatic carbocycles. The second-order valence-corrected chi connectivity index (χ2v) is 13.2. The Morgan fingerprint density at radius 1 is 0.761 bits per heavy atom. The van der Waals surface area contributed by atoms with Crippen molar-refractivity contribution in [3.8, 4) is 0 Å². The van der Waals surface area contributed by atoms with E-state index in [0.29, 0.717) is 11.3 Å². The Balaban J connectivity index is 0.00000372. The molecule has 0 saturated heterocycles. The number of aliphatic imine (C=N–C) groups is 3. The Hall–Kier alpha value is -4.41. The van der Waals surface area contributed by atoms with Crippen molar-refractivity contribution in [2.45, 2.75) is 54.9 Å². The van der Waals surface area contributed by atoms with Gasteiger partial charge in [0.2, 0.25) is 0 Å². The number of rotatable bonds is 2. The van der Waals surface area contributed by atoms with Gasteiger partial charge in [-0.2, -0.15) is 0 Å². The largest absolute Gasteiger partial charge is 2.00 e. The average Bonchev–Trinajstić information content (AvgIpc) is 3.75. The van der Waals surface area contributed by atoms with Crippen molar-refractivity contribution in [2.75, 3.05) is 0 Å². The predicted molar refractivity (Wildman–Crippen MR) is 183 cm³/mol. The van der Waals surface area contributed by atoms with Crippen molar-refractivity contribution in [3.05, 3.63) is 151 Å². The first-order valence-electron chi connectivity index (χ1n) is 15.5. The Morgan fingerprint density at radius 2 is 1.43 bits per heavy atom. The van der Waals surface area contributed by atoms with Gasteiger partial charge in [0.05, 0.1) is 22.8 Å². The fourth-order valence-corrected chi connectivity index (χ4v) is 6.80. The predicted octanol–water partition coefficient (Wildman–Crippen LogP) is 5.91. The van der Waals surface area contributed by atoms with Crippen LogP contribution in [-0.4, -0.2) is 17.1 Å². The molecule has 0 saturated carbocycles. The molecule has 0 fully saturated rings. The fourth-order valence-electron chi connectivity index (χ4n) is 6.80. The topological polar surface area (TPSA) is 74.2 Å². The first-order valence-corrected chi connectivity index (χ1v) is 15.5. The molecule has 46 heavy (non-hydrogen) atoms. The molecule has 7 rings (SSSR count). The molecule has 1 aromatic heterocycles. The van der Waals surface area contributed by atoms with Gasteiger partial charge < -0.3 is 10.1 Å². The molecule has 0 unspecified atom stereocenters. The van der Waals surface area contributed by atoms with E-state index in [1.54, 1.807) is 6.92 Å². The summed E-state index contributed by atoms with van der Waals surface area (Å²) in [6, 6.07) is 17.1. The van der Waals surface area contributed by atoms with Crippen LogP contribution in [0.15, 0.2) is 122 Å². The Morgan fingerprint density at radius 3 is 2.11 bits per heavy atom. The third-order valence-electron chi connectivity index (χ3n) is 8.94. The number of allylic oxidation sites excluding steroid dienone is 9. The number of hydrogen-bond acceptors (Lipinski definition) is 4. The average molecular weight is 654 g/mol. The van der Waals surface area contributed by atoms with E-state index in [-0.39, 0.29) is 30.7 Å². The smallest absolute Gasteiger partial charge is 0.875 e. The van der Waals surface area contributed by atoms with Gasteiger partial charge in [-0.05, 0) is 97.0 Å². The summed E-state index contributed by atoms with van der Waals surface area (Å²) >= 11 is 0. The molecule has 5 nitrogen and oxygen atoms in total. The standard InChI is InChI=1S/C40H37N4O.Zn/c1-22-8-10-27(11-9-22)38-31-13-12-28(41-31)19-36-40(6,7)21-29(42-36)18-34-30(26(5)45)20-35(44-34)39(33-15-14-32(38)43-33)37-24(3)16-23(2)17-25(37)4;/h8-20H,21H2,1-7H3,(H-,41,42,43,44,45);/q-1;+2/p-1. The molecule has 224 valence electrons. The zero-order valence-electron chi connectivity index (χ0n) is 27.6. The van der Waals surface area contributed by atoms with Crippen LogP contribution in [0.3, 0.4) is 0 Å². The number of fused-ring (bicyclic) bond motifs is 5. The molecule has 3 aromatic rings. The van der Waals surface area contributed by atoms with Gasteiger partial charge in [-0.1, -0.05) is 80.4 Å². The molecule has 0 aliphatic carbocycles. The van der Waals surface area contributed by atoms with Gasteiger partial charge in [-0.25, -0.2) is 9.98 Å². The third kappa shape index (κ3) is 5.60. The maximum absolute atomic E-state index is 13.0. The molecule has 8 bridgehead atoms. The van der Waals surface area contributed by atoms with Crippen LogP contribution in [0, 0.1) is 33.1 Å². The number of benzene rings is 2. The summed E-state index contributed by atoms with van der Waals surface area (Å²) in [5, 5.41) is 14.7. The van der Waals surface area contributed by atoms with Crippen molar-refractivity contribution in [3.63, 3.8) is 0 Å². The Bertz CT molecular complexity index is 2160. The van der Waals surface area contributed by atoms with E-state index in [1.165, 1.54) is 11.1 Å². The van der Waals surface area contributed by atoms with E-state index in [1.807, 2.05) is 12.2 Å². The molecular weight excluding hydrogens is 618 g/mol. The summed E-state index contributed by atoms with van der Waals surface area (Å²) in [6.45, 7) is 14.5. The van der Waals surface area contributed by atoms with E-state index >= 15 is 0 Å². The van der Waals surface area contributed by atoms with Gasteiger partial charge in [0.25, 0.3) is 0 Å². The van der Waals surface area contributed by atoms with Gasteiger partial charge in [0, 0.05) is 23.2 Å². The zero-order valence-corrected chi connectivity index (χ0v) is 30.6. The fraction of sp³-hybridized carbons (Fsp3) is 0.225. The molecular formula is C40H36N4OZn. The van der Waals surface area contributed by atoms with Crippen LogP contribution in [0.1, 0.15) is 60.6 Å². The van der Waals surface area contributed by atoms with Crippen LogP contribution in [-0.2, 0) is 19.5 Å². The number of hydrogen-bond donors (Lipinski definition) is 0. The summed E-state index contributed by atoms with van der Waals surface area (Å²) in [5.41, 5.74) is 14.1. The van der Waals surface area contributed by atoms with Crippen molar-refractivity contribution in [1.29, 1.82) is 0 Å². The SMILES string of the molecule is C/C([O-])=C1/C=C2N=C1C=C1CC(C)(C)C(=N1)C=C1C=CC(=N1)C(c1ccc(C)cc1)=c1ccc([n-]1)=C2c1c(C)cc(C)cc1C.[Zn+2]. The van der Waals surface area contributed by atoms with E-state index < -0.39 is 0 Å². The van der Waals surface area contributed by atoms with E-state index in [9.17, 15) is 5.11 Å². The number of aryl methyl sites for hydroxylation is 4. The maximum Gasteiger partial charge on any atom is 2.00 e. The molecule has 4 aliphatic heterocycles. The molecule has 0 atom stereocenters. The van der Waals surface area contributed by atoms with Crippen LogP contribution in [0.5, 0.6) is 0 Å². The van der Waals surface area contributed by atoms with Gasteiger partial charge in [-0.3, -0.25) is 4.99 Å². The minimum Gasteiger partial charge on any atom is -0.875 e. The minimum absolute atomic E-state index is 0. The monoisotopic (exact) mass is 652 g/mol. The van der Waals surface area contributed by atoms with Gasteiger partial charge in [0.1, 0.15) is 0 Å². The van der Waals surface area contributed by atoms with Crippen molar-refractivity contribution in [2.24, 2.45) is 20.4 Å². The summed E-state index contributed by atoms with van der Waals surface area (Å²) in [4.78, 5) is 20.6. The summed E-state index contributed by atoms with van der Waals surface area (Å²) < 4.78 is 0. The number of aromatic nitrogens is 1. The van der Waals surface area contributed by atoms with Crippen LogP contribution in [0.2, 0.25) is 0 Å². The molecule has 5 heterocycles. The van der Waals surface area contributed by atoms with Crippen LogP contribution < -0.4 is 20.8 Å². The van der Waals surface area contributed by atoms with E-state index in [4.69, 9.17) is 20.0 Å². The van der Waals surface area contributed by atoms with E-state index in [0.717, 1.165) is 79.0 Å². The first kappa shape index (κ1) is 31.6. The normalized spacial score (nSPS) is 19.2. The second kappa shape index (κ2) is 11.7. The van der Waals surface area contributed by atoms with E-state index in [2.05, 4.69) is 108 Å². The van der Waals surface area contributed by atoms with Crippen molar-refractivity contribution < 1.29 is 24.6 Å². The summed E-state index contributed by atoms with van der Waals surface area (Å²) in [7, 11) is 0. The van der Waals surface area contributed by atoms with Crippen LogP contribution in [0.4, 0.5) is 0 Å². The zero-order chi connectivity index (χ0) is 31.6. The first-order chi connectivity index (χ1) is 21.5. The molecule has 0 N–H and O–H groups in total. The van der Waals surface area contributed by atoms with Crippen LogP contribution >= 0.6 is 0 Å².